The molecule has 3 aliphatic rings. The van der Waals surface area contributed by atoms with Gasteiger partial charge >= 0.3 is 5.97 Å². The molecule has 2 N–H and O–H groups in total. The minimum Gasteiger partial charge on any atom is -0.495 e. The fourth-order valence-electron chi connectivity index (χ4n) is 3.72. The van der Waals surface area contributed by atoms with E-state index in [1.807, 2.05) is 30.4 Å². The average molecular weight is 416 g/mol. The third kappa shape index (κ3) is 3.79. The molecule has 0 spiro atoms. The number of para-hydroxylation sites is 2. The Morgan fingerprint density at radius 3 is 2.83 bits per heavy atom. The minimum absolute atomic E-state index is 0.618. The maximum absolute atomic E-state index is 12.0. The summed E-state index contributed by atoms with van der Waals surface area (Å²) in [6.07, 6.45) is 7.23. The molecule has 1 aromatic rings. The molecular formula is C20H25N5O3S. The number of nitrogens with zero attached hydrogens (tertiary/aromatic N) is 4. The number of ether oxygens (including phenoxy) is 1. The average Bonchev–Trinajstić information content (AvgIpc) is 3.14. The Morgan fingerprint density at radius 1 is 1.28 bits per heavy atom. The fraction of sp³-hybridized carbons (Fsp3) is 0.400. The van der Waals surface area contributed by atoms with E-state index in [0.29, 0.717) is 11.6 Å². The van der Waals surface area contributed by atoms with Crippen LogP contribution in [0.25, 0.3) is 0 Å². The first-order chi connectivity index (χ1) is 14.1. The SMILES string of the molecule is COc1ccccc1N1CCN(CCSC2(C(=O)O)NN=C3C=CC=CN32)CC1. The lowest BCUT2D eigenvalue weighted by molar-refractivity contribution is -0.143. The van der Waals surface area contributed by atoms with Crippen molar-refractivity contribution in [3.8, 4) is 5.75 Å². The standard InChI is InChI=1S/C20H25N5O3S/c1-28-17-7-3-2-6-16(17)24-12-10-23(11-13-24)14-15-29-20(19(26)27)22-21-18-8-4-5-9-25(18)20/h2-9,22H,10-15H2,1H3,(H,26,27). The van der Waals surface area contributed by atoms with Gasteiger partial charge in [0.25, 0.3) is 4.99 Å². The zero-order valence-corrected chi connectivity index (χ0v) is 17.1. The number of hydrazone groups is 1. The maximum atomic E-state index is 12.0. The van der Waals surface area contributed by atoms with E-state index in [2.05, 4.69) is 26.4 Å². The van der Waals surface area contributed by atoms with Crippen molar-refractivity contribution in [2.24, 2.45) is 5.10 Å². The van der Waals surface area contributed by atoms with Crippen LogP contribution in [0, 0.1) is 0 Å². The second kappa shape index (κ2) is 8.38. The number of aliphatic carboxylic acids is 1. The summed E-state index contributed by atoms with van der Waals surface area (Å²) in [6, 6.07) is 8.08. The third-order valence-electron chi connectivity index (χ3n) is 5.31. The Bertz CT molecular complexity index is 850. The first kappa shape index (κ1) is 19.7. The molecule has 0 bridgehead atoms. The summed E-state index contributed by atoms with van der Waals surface area (Å²) in [5.41, 5.74) is 3.95. The molecule has 9 heteroatoms. The summed E-state index contributed by atoms with van der Waals surface area (Å²) >= 11 is 1.36. The monoisotopic (exact) mass is 415 g/mol. The van der Waals surface area contributed by atoms with Crippen molar-refractivity contribution in [2.45, 2.75) is 4.99 Å². The summed E-state index contributed by atoms with van der Waals surface area (Å²) < 4.78 is 5.48. The molecule has 1 unspecified atom stereocenters. The molecule has 1 aromatic carbocycles. The molecule has 0 radical (unpaired) electrons. The number of piperazine rings is 1. The predicted molar refractivity (Wildman–Crippen MR) is 115 cm³/mol. The fourth-order valence-corrected chi connectivity index (χ4v) is 4.89. The topological polar surface area (TPSA) is 80.6 Å². The number of carboxylic acid groups (broad SMARTS) is 1. The van der Waals surface area contributed by atoms with Crippen molar-refractivity contribution in [1.29, 1.82) is 0 Å². The van der Waals surface area contributed by atoms with Gasteiger partial charge in [-0.15, -0.1) is 0 Å². The summed E-state index contributed by atoms with van der Waals surface area (Å²) in [5.74, 6) is 1.26. The molecule has 3 heterocycles. The number of carbonyl (C=O) groups is 1. The molecule has 29 heavy (non-hydrogen) atoms. The molecule has 8 nitrogen and oxygen atoms in total. The number of thioether (sulfide) groups is 1. The summed E-state index contributed by atoms with van der Waals surface area (Å²) in [7, 11) is 1.70. The van der Waals surface area contributed by atoms with Crippen molar-refractivity contribution in [1.82, 2.24) is 15.2 Å². The van der Waals surface area contributed by atoms with Crippen LogP contribution in [-0.2, 0) is 4.79 Å². The van der Waals surface area contributed by atoms with Gasteiger partial charge in [-0.2, -0.15) is 5.10 Å². The molecule has 1 atom stereocenters. The largest absolute Gasteiger partial charge is 0.495 e. The van der Waals surface area contributed by atoms with E-state index in [0.717, 1.165) is 44.2 Å². The van der Waals surface area contributed by atoms with Crippen molar-refractivity contribution < 1.29 is 14.6 Å². The lowest BCUT2D eigenvalue weighted by Gasteiger charge is -2.37. The number of carboxylic acids is 1. The highest BCUT2D eigenvalue weighted by atomic mass is 32.2. The number of rotatable bonds is 7. The predicted octanol–water partition coefficient (Wildman–Crippen LogP) is 1.59. The minimum atomic E-state index is -1.28. The Morgan fingerprint density at radius 2 is 2.07 bits per heavy atom. The highest BCUT2D eigenvalue weighted by Gasteiger charge is 2.49. The Kier molecular flexibility index (Phi) is 5.68. The number of anilines is 1. The van der Waals surface area contributed by atoms with Crippen LogP contribution < -0.4 is 15.1 Å². The van der Waals surface area contributed by atoms with E-state index in [-0.39, 0.29) is 0 Å². The molecule has 4 rings (SSSR count). The molecule has 3 aliphatic heterocycles. The van der Waals surface area contributed by atoms with Gasteiger partial charge in [-0.3, -0.25) is 15.2 Å². The third-order valence-corrected chi connectivity index (χ3v) is 6.57. The van der Waals surface area contributed by atoms with Gasteiger partial charge in [-0.05, 0) is 24.3 Å². The Hall–Kier alpha value is -2.65. The van der Waals surface area contributed by atoms with E-state index in [1.165, 1.54) is 11.8 Å². The smallest absolute Gasteiger partial charge is 0.363 e. The number of nitrogens with one attached hydrogen (secondary N) is 1. The second-order valence-electron chi connectivity index (χ2n) is 6.95. The number of fused-ring (bicyclic) bond motifs is 1. The van der Waals surface area contributed by atoms with Gasteiger partial charge in [0.1, 0.15) is 5.75 Å². The number of benzene rings is 1. The van der Waals surface area contributed by atoms with Gasteiger partial charge < -0.3 is 14.7 Å². The van der Waals surface area contributed by atoms with E-state index in [1.54, 1.807) is 24.3 Å². The van der Waals surface area contributed by atoms with Crippen molar-refractivity contribution in [3.63, 3.8) is 0 Å². The lowest BCUT2D eigenvalue weighted by Crippen LogP contribution is -2.56. The molecule has 0 amide bonds. The van der Waals surface area contributed by atoms with Gasteiger partial charge in [0.05, 0.1) is 12.8 Å². The van der Waals surface area contributed by atoms with E-state index in [4.69, 9.17) is 4.74 Å². The molecule has 0 saturated carbocycles. The summed E-state index contributed by atoms with van der Waals surface area (Å²) in [5, 5.41) is 14.0. The maximum Gasteiger partial charge on any atom is 0.363 e. The van der Waals surface area contributed by atoms with Gasteiger partial charge in [-0.1, -0.05) is 30.0 Å². The zero-order chi connectivity index (χ0) is 20.3. The summed E-state index contributed by atoms with van der Waals surface area (Å²) in [4.78, 5) is 17.1. The molecular weight excluding hydrogens is 390 g/mol. The van der Waals surface area contributed by atoms with Crippen molar-refractivity contribution in [3.05, 3.63) is 48.7 Å². The Labute approximate surface area is 174 Å². The van der Waals surface area contributed by atoms with Crippen molar-refractivity contribution in [2.75, 3.05) is 50.5 Å². The number of methoxy groups -OCH3 is 1. The van der Waals surface area contributed by atoms with Gasteiger partial charge in [-0.25, -0.2) is 4.79 Å². The van der Waals surface area contributed by atoms with E-state index in [9.17, 15) is 9.90 Å². The van der Waals surface area contributed by atoms with Crippen LogP contribution in [0.4, 0.5) is 5.69 Å². The quantitative estimate of drug-likeness (QED) is 0.695. The highest BCUT2D eigenvalue weighted by molar-refractivity contribution is 8.01. The van der Waals surface area contributed by atoms with Crippen LogP contribution in [0.3, 0.4) is 0 Å². The van der Waals surface area contributed by atoms with Crippen LogP contribution in [0.2, 0.25) is 0 Å². The molecule has 154 valence electrons. The first-order valence-corrected chi connectivity index (χ1v) is 10.6. The zero-order valence-electron chi connectivity index (χ0n) is 16.3. The molecule has 0 aliphatic carbocycles. The van der Waals surface area contributed by atoms with E-state index < -0.39 is 11.0 Å². The van der Waals surface area contributed by atoms with Crippen LogP contribution in [0.15, 0.2) is 53.8 Å². The summed E-state index contributed by atoms with van der Waals surface area (Å²) in [6.45, 7) is 4.52. The van der Waals surface area contributed by atoms with Crippen LogP contribution in [0.5, 0.6) is 5.75 Å². The van der Waals surface area contributed by atoms with Gasteiger partial charge in [0.2, 0.25) is 0 Å². The second-order valence-corrected chi connectivity index (χ2v) is 8.24. The normalized spacial score (nSPS) is 23.6. The molecule has 1 fully saturated rings. The lowest BCUT2D eigenvalue weighted by atomic mass is 10.2. The first-order valence-electron chi connectivity index (χ1n) is 9.61. The number of allylic oxidation sites excluding steroid dienone is 2. The van der Waals surface area contributed by atoms with Crippen LogP contribution in [-0.4, -0.2) is 77.3 Å². The van der Waals surface area contributed by atoms with E-state index >= 15 is 0 Å². The highest BCUT2D eigenvalue weighted by Crippen LogP contribution is 2.33. The van der Waals surface area contributed by atoms with Gasteiger partial charge in [0.15, 0.2) is 5.84 Å². The van der Waals surface area contributed by atoms with Crippen LogP contribution >= 0.6 is 11.8 Å². The number of hydrogen-bond donors (Lipinski definition) is 2. The Balaban J connectivity index is 1.30. The molecule has 1 saturated heterocycles. The van der Waals surface area contributed by atoms with Crippen LogP contribution in [0.1, 0.15) is 0 Å². The number of amidine groups is 1. The van der Waals surface area contributed by atoms with Gasteiger partial charge in [0, 0.05) is 44.7 Å². The van der Waals surface area contributed by atoms with Crippen molar-refractivity contribution >= 4 is 29.3 Å². The number of hydrogen-bond acceptors (Lipinski definition) is 8. The molecule has 0 aromatic heterocycles.